The van der Waals surface area contributed by atoms with Gasteiger partial charge in [-0.3, -0.25) is 9.97 Å². The number of nitrogens with zero attached hydrogens (tertiary/aromatic N) is 6. The predicted octanol–water partition coefficient (Wildman–Crippen LogP) is 30.2. The van der Waals surface area contributed by atoms with Crippen LogP contribution in [-0.4, -0.2) is 29.9 Å². The number of aromatic nitrogens is 6. The number of rotatable bonds is 12. The van der Waals surface area contributed by atoms with E-state index in [4.69, 9.17) is 19.9 Å². The fraction of sp³-hybridized carbons (Fsp3) is 0.0517. The normalized spacial score (nSPS) is 12.9. The number of fused-ring (bicyclic) bond motifs is 6. The maximum absolute atomic E-state index is 5.25. The van der Waals surface area contributed by atoms with E-state index >= 15 is 0 Å². The lowest BCUT2D eigenvalue weighted by atomic mass is 9.81. The molecule has 4 aromatic heterocycles. The molecule has 0 saturated heterocycles. The molecule has 0 radical (unpaired) electrons. The molecule has 0 amide bonds. The average Bonchev–Trinajstić information content (AvgIpc) is 0.847. The standard InChI is InChI=1S/2C58H39N3/c1-58(2)51-11-4-3-10-48(51)49-30-28-45(33-52(49)58)36-14-24-44(25-15-36)57-60-53(39-18-12-37(13-19-39)46-9-6-32-59-35-46)34-54(61-57)40-20-16-38(17-21-40)47-29-26-43-23-22-41-7-5-8-42-27-31-50(47)56(43)55(41)42;1-58(2)51-9-4-3-8-48(51)49-28-26-46(34-52(49)58)37-12-22-45(23-13-37)57-60-53(40-16-10-36(11-17-40)38-30-32-59-33-31-38)35-54(61-57)41-18-14-39(15-19-41)47-27-24-44-21-20-42-6-5-7-43-25-29-50(47)56(44)55(42)43/h2*3-35H,1-2H3. The first-order chi connectivity index (χ1) is 59.9. The van der Waals surface area contributed by atoms with E-state index in [2.05, 4.69) is 396 Å². The van der Waals surface area contributed by atoms with Crippen LogP contribution in [0.2, 0.25) is 0 Å². The van der Waals surface area contributed by atoms with Gasteiger partial charge in [0, 0.05) is 69.0 Å². The molecule has 572 valence electrons. The maximum Gasteiger partial charge on any atom is 0.160 e. The van der Waals surface area contributed by atoms with Crippen LogP contribution >= 0.6 is 0 Å². The van der Waals surface area contributed by atoms with Gasteiger partial charge in [0.25, 0.3) is 0 Å². The molecule has 0 fully saturated rings. The van der Waals surface area contributed by atoms with E-state index in [0.717, 1.165) is 78.4 Å². The lowest BCUT2D eigenvalue weighted by Crippen LogP contribution is -2.14. The summed E-state index contributed by atoms with van der Waals surface area (Å²) in [5, 5.41) is 15.5. The lowest BCUT2D eigenvalue weighted by Gasteiger charge is -2.22. The lowest BCUT2D eigenvalue weighted by molar-refractivity contribution is 0.660. The predicted molar refractivity (Wildman–Crippen MR) is 507 cm³/mol. The van der Waals surface area contributed by atoms with Crippen LogP contribution in [0, 0.1) is 0 Å². The van der Waals surface area contributed by atoms with Gasteiger partial charge in [0.15, 0.2) is 11.6 Å². The number of benzene rings is 18. The summed E-state index contributed by atoms with van der Waals surface area (Å²) in [6.07, 6.45) is 7.36. The minimum Gasteiger partial charge on any atom is -0.265 e. The Bertz CT molecular complexity index is 7350. The first-order valence-electron chi connectivity index (χ1n) is 42.0. The molecule has 18 aromatic carbocycles. The maximum atomic E-state index is 5.25. The van der Waals surface area contributed by atoms with Crippen LogP contribution in [0.15, 0.2) is 401 Å². The van der Waals surface area contributed by atoms with E-state index in [1.165, 1.54) is 154 Å². The number of hydrogen-bond acceptors (Lipinski definition) is 6. The molecule has 0 bridgehead atoms. The monoisotopic (exact) mass is 1550 g/mol. The highest BCUT2D eigenvalue weighted by atomic mass is 14.9. The minimum atomic E-state index is -0.0527. The summed E-state index contributed by atoms with van der Waals surface area (Å²) in [4.78, 5) is 29.4. The zero-order valence-corrected chi connectivity index (χ0v) is 67.8. The van der Waals surface area contributed by atoms with E-state index in [1.54, 1.807) is 6.20 Å². The van der Waals surface area contributed by atoms with Crippen LogP contribution < -0.4 is 0 Å². The smallest absolute Gasteiger partial charge is 0.160 e. The van der Waals surface area contributed by atoms with Crippen LogP contribution in [0.1, 0.15) is 49.9 Å². The van der Waals surface area contributed by atoms with Gasteiger partial charge in [-0.05, 0) is 218 Å². The van der Waals surface area contributed by atoms with Gasteiger partial charge in [-0.15, -0.1) is 0 Å². The molecule has 0 atom stereocenters. The average molecular weight is 1560 g/mol. The molecule has 0 spiro atoms. The molecule has 122 heavy (non-hydrogen) atoms. The molecule has 0 aliphatic heterocycles. The quantitative estimate of drug-likeness (QED) is 0.113. The van der Waals surface area contributed by atoms with E-state index in [-0.39, 0.29) is 10.8 Å². The molecular weight excluding hydrogens is 1480 g/mol. The minimum absolute atomic E-state index is 0.0524. The topological polar surface area (TPSA) is 77.3 Å². The van der Waals surface area contributed by atoms with Crippen molar-refractivity contribution in [2.45, 2.75) is 38.5 Å². The molecule has 24 rings (SSSR count). The van der Waals surface area contributed by atoms with Gasteiger partial charge in [-0.25, -0.2) is 19.9 Å². The van der Waals surface area contributed by atoms with E-state index in [9.17, 15) is 0 Å². The SMILES string of the molecule is CC1(C)c2ccccc2-c2ccc(-c3ccc(-c4nc(-c5ccc(-c6cccnc6)cc5)cc(-c5ccc(-c6ccc7ccc8cccc9ccc6c7c89)cc5)n4)cc3)cc21.CC1(C)c2ccccc2-c2ccc(-c3ccc(-c4nc(-c5ccc(-c6ccncc6)cc5)cc(-c5ccc(-c6ccc7ccc8cccc9ccc6c7c89)cc5)n4)cc3)cc21. The second kappa shape index (κ2) is 28.7. The molecule has 2 aliphatic carbocycles. The van der Waals surface area contributed by atoms with Crippen LogP contribution in [0.25, 0.3) is 221 Å². The molecule has 6 heteroatoms. The summed E-state index contributed by atoms with van der Waals surface area (Å²) in [6.45, 7) is 9.33. The fourth-order valence-corrected chi connectivity index (χ4v) is 19.5. The Kier molecular flexibility index (Phi) is 16.9. The van der Waals surface area contributed by atoms with Crippen molar-refractivity contribution in [2.75, 3.05) is 0 Å². The Hall–Kier alpha value is -15.5. The highest BCUT2D eigenvalue weighted by Gasteiger charge is 2.37. The first kappa shape index (κ1) is 71.8. The van der Waals surface area contributed by atoms with Gasteiger partial charge in [0.1, 0.15) is 0 Å². The largest absolute Gasteiger partial charge is 0.265 e. The van der Waals surface area contributed by atoms with Crippen LogP contribution in [0.3, 0.4) is 0 Å². The second-order valence-corrected chi connectivity index (χ2v) is 33.7. The van der Waals surface area contributed by atoms with E-state index < -0.39 is 0 Å². The summed E-state index contributed by atoms with van der Waals surface area (Å²) in [6, 6.07) is 136. The van der Waals surface area contributed by atoms with Crippen LogP contribution in [-0.2, 0) is 10.8 Å². The van der Waals surface area contributed by atoms with E-state index in [0.29, 0.717) is 11.6 Å². The van der Waals surface area contributed by atoms with Crippen molar-refractivity contribution in [3.63, 3.8) is 0 Å². The van der Waals surface area contributed by atoms with Crippen molar-refractivity contribution in [3.8, 4) is 157 Å². The van der Waals surface area contributed by atoms with Gasteiger partial charge in [-0.1, -0.05) is 361 Å². The summed E-state index contributed by atoms with van der Waals surface area (Å²) in [5.41, 5.74) is 34.4. The number of hydrogen-bond donors (Lipinski definition) is 0. The van der Waals surface area contributed by atoms with Crippen molar-refractivity contribution in [1.29, 1.82) is 0 Å². The highest BCUT2D eigenvalue weighted by molar-refractivity contribution is 6.27. The molecule has 0 unspecified atom stereocenters. The molecule has 4 heterocycles. The van der Waals surface area contributed by atoms with Gasteiger partial charge in [0.05, 0.1) is 22.8 Å². The van der Waals surface area contributed by atoms with Crippen molar-refractivity contribution >= 4 is 64.6 Å². The third-order valence-corrected chi connectivity index (χ3v) is 26.0. The molecular formula is C116H78N6. The molecule has 2 aliphatic rings. The number of pyridine rings is 2. The zero-order valence-electron chi connectivity index (χ0n) is 67.8. The molecule has 0 saturated carbocycles. The van der Waals surface area contributed by atoms with Gasteiger partial charge < -0.3 is 0 Å². The van der Waals surface area contributed by atoms with Crippen molar-refractivity contribution < 1.29 is 0 Å². The fourth-order valence-electron chi connectivity index (χ4n) is 19.5. The van der Waals surface area contributed by atoms with Crippen molar-refractivity contribution in [3.05, 3.63) is 423 Å². The van der Waals surface area contributed by atoms with Gasteiger partial charge in [0.2, 0.25) is 0 Å². The van der Waals surface area contributed by atoms with Gasteiger partial charge >= 0.3 is 0 Å². The van der Waals surface area contributed by atoms with Gasteiger partial charge in [-0.2, -0.15) is 0 Å². The Balaban J connectivity index is 0.000000142. The van der Waals surface area contributed by atoms with Crippen molar-refractivity contribution in [1.82, 2.24) is 29.9 Å². The second-order valence-electron chi connectivity index (χ2n) is 33.7. The highest BCUT2D eigenvalue weighted by Crippen LogP contribution is 2.52. The molecule has 6 nitrogen and oxygen atoms in total. The molecule has 0 N–H and O–H groups in total. The summed E-state index contributed by atoms with van der Waals surface area (Å²) in [7, 11) is 0. The summed E-state index contributed by atoms with van der Waals surface area (Å²) in [5.74, 6) is 1.38. The van der Waals surface area contributed by atoms with Crippen LogP contribution in [0.5, 0.6) is 0 Å². The van der Waals surface area contributed by atoms with E-state index in [1.807, 2.05) is 36.8 Å². The third-order valence-electron chi connectivity index (χ3n) is 26.0. The zero-order chi connectivity index (χ0) is 81.3. The summed E-state index contributed by atoms with van der Waals surface area (Å²) >= 11 is 0. The Morgan fingerprint density at radius 3 is 0.877 bits per heavy atom. The third kappa shape index (κ3) is 12.2. The Labute approximate surface area is 708 Å². The summed E-state index contributed by atoms with van der Waals surface area (Å²) < 4.78 is 0. The Morgan fingerprint density at radius 1 is 0.180 bits per heavy atom. The van der Waals surface area contributed by atoms with Crippen molar-refractivity contribution in [2.24, 2.45) is 0 Å². The first-order valence-corrected chi connectivity index (χ1v) is 42.0. The Morgan fingerprint density at radius 2 is 0.484 bits per heavy atom. The van der Waals surface area contributed by atoms with Crippen LogP contribution in [0.4, 0.5) is 0 Å². The molecule has 22 aromatic rings.